The van der Waals surface area contributed by atoms with E-state index in [0.29, 0.717) is 0 Å². The van der Waals surface area contributed by atoms with Crippen molar-refractivity contribution in [3.63, 3.8) is 0 Å². The molecule has 0 heterocycles. The van der Waals surface area contributed by atoms with Gasteiger partial charge in [-0.25, -0.2) is 4.79 Å². The predicted octanol–water partition coefficient (Wildman–Crippen LogP) is 5.05. The monoisotopic (exact) mass is 424 g/mol. The van der Waals surface area contributed by atoms with Crippen LogP contribution in [0.3, 0.4) is 0 Å². The third-order valence-electron chi connectivity index (χ3n) is 3.12. The number of rotatable bonds is 4. The van der Waals surface area contributed by atoms with Gasteiger partial charge in [0.1, 0.15) is 0 Å². The van der Waals surface area contributed by atoms with Crippen LogP contribution in [0.4, 0.5) is 24.5 Å². The molecule has 0 aromatic heterocycles. The molecule has 0 amide bonds. The van der Waals surface area contributed by atoms with Gasteiger partial charge in [0.25, 0.3) is 5.75 Å². The molecule has 0 spiro atoms. The van der Waals surface area contributed by atoms with Gasteiger partial charge < -0.3 is 4.74 Å². The Kier molecular flexibility index (Phi) is 5.56. The standard InChI is InChI=1S/C14H5Cl2F3N2O6/c15-7-1-2-8(9(16)5-7)13(22)27-12-10(20(23)24)3-6(14(17,18)19)4-11(12)21(25)26/h1-5H. The van der Waals surface area contributed by atoms with Crippen LogP contribution in [0.2, 0.25) is 10.0 Å². The van der Waals surface area contributed by atoms with E-state index >= 15 is 0 Å². The van der Waals surface area contributed by atoms with E-state index in [1.807, 2.05) is 0 Å². The van der Waals surface area contributed by atoms with Gasteiger partial charge in [0.05, 0.1) is 26.0 Å². The second-order valence-electron chi connectivity index (χ2n) is 4.87. The molecule has 0 atom stereocenters. The Morgan fingerprint density at radius 1 is 1.00 bits per heavy atom. The third kappa shape index (κ3) is 4.44. The molecule has 13 heteroatoms. The highest BCUT2D eigenvalue weighted by Crippen LogP contribution is 2.43. The number of benzene rings is 2. The second-order valence-corrected chi connectivity index (χ2v) is 5.71. The Bertz CT molecular complexity index is 929. The molecule has 27 heavy (non-hydrogen) atoms. The lowest BCUT2D eigenvalue weighted by molar-refractivity contribution is -0.396. The molecule has 2 aromatic rings. The van der Waals surface area contributed by atoms with Gasteiger partial charge in [-0.3, -0.25) is 20.2 Å². The Morgan fingerprint density at radius 2 is 1.52 bits per heavy atom. The van der Waals surface area contributed by atoms with Gasteiger partial charge in [-0.2, -0.15) is 13.2 Å². The molecule has 8 nitrogen and oxygen atoms in total. The fourth-order valence-corrected chi connectivity index (χ4v) is 2.43. The first-order chi connectivity index (χ1) is 12.4. The van der Waals surface area contributed by atoms with Crippen LogP contribution < -0.4 is 4.74 Å². The maximum absolute atomic E-state index is 12.8. The Balaban J connectivity index is 2.62. The number of esters is 1. The van der Waals surface area contributed by atoms with Crippen molar-refractivity contribution in [2.45, 2.75) is 6.18 Å². The Morgan fingerprint density at radius 3 is 1.93 bits per heavy atom. The van der Waals surface area contributed by atoms with Gasteiger partial charge in [-0.15, -0.1) is 0 Å². The average molecular weight is 425 g/mol. The molecule has 0 aliphatic carbocycles. The zero-order valence-electron chi connectivity index (χ0n) is 12.6. The lowest BCUT2D eigenvalue weighted by Crippen LogP contribution is -2.13. The van der Waals surface area contributed by atoms with Gasteiger partial charge >= 0.3 is 23.5 Å². The summed E-state index contributed by atoms with van der Waals surface area (Å²) in [7, 11) is 0. The maximum atomic E-state index is 12.8. The number of halogens is 5. The minimum absolute atomic E-state index is 0.0269. The summed E-state index contributed by atoms with van der Waals surface area (Å²) >= 11 is 11.4. The first kappa shape index (κ1) is 20.4. The molecule has 0 saturated carbocycles. The number of ether oxygens (including phenoxy) is 1. The fraction of sp³-hybridized carbons (Fsp3) is 0.0714. The van der Waals surface area contributed by atoms with Crippen molar-refractivity contribution in [1.29, 1.82) is 0 Å². The van der Waals surface area contributed by atoms with E-state index in [1.54, 1.807) is 0 Å². The Labute approximate surface area is 157 Å². The number of nitro benzene ring substituents is 2. The van der Waals surface area contributed by atoms with E-state index < -0.39 is 44.7 Å². The van der Waals surface area contributed by atoms with Crippen molar-refractivity contribution in [3.8, 4) is 5.75 Å². The minimum atomic E-state index is -5.10. The largest absolute Gasteiger partial charge is 0.416 e. The Hall–Kier alpha value is -2.92. The van der Waals surface area contributed by atoms with Crippen molar-refractivity contribution in [3.05, 3.63) is 71.7 Å². The summed E-state index contributed by atoms with van der Waals surface area (Å²) in [5.74, 6) is -2.61. The molecule has 2 aromatic carbocycles. The van der Waals surface area contributed by atoms with Crippen LogP contribution in [0.1, 0.15) is 15.9 Å². The van der Waals surface area contributed by atoms with Gasteiger partial charge in [-0.05, 0) is 18.2 Å². The van der Waals surface area contributed by atoms with Crippen LogP contribution in [0.5, 0.6) is 5.75 Å². The maximum Gasteiger partial charge on any atom is 0.416 e. The summed E-state index contributed by atoms with van der Waals surface area (Å²) in [6.07, 6.45) is -5.10. The van der Waals surface area contributed by atoms with Crippen LogP contribution in [0.25, 0.3) is 0 Å². The van der Waals surface area contributed by atoms with Crippen molar-refractivity contribution in [2.24, 2.45) is 0 Å². The summed E-state index contributed by atoms with van der Waals surface area (Å²) in [6, 6.07) is 3.49. The lowest BCUT2D eigenvalue weighted by Gasteiger charge is -2.10. The van der Waals surface area contributed by atoms with Crippen molar-refractivity contribution >= 4 is 40.5 Å². The molecular formula is C14H5Cl2F3N2O6. The normalized spacial score (nSPS) is 11.1. The van der Waals surface area contributed by atoms with E-state index in [2.05, 4.69) is 4.74 Å². The average Bonchev–Trinajstić information content (AvgIpc) is 2.53. The lowest BCUT2D eigenvalue weighted by atomic mass is 10.1. The van der Waals surface area contributed by atoms with E-state index in [-0.39, 0.29) is 27.7 Å². The molecule has 0 unspecified atom stereocenters. The first-order valence-corrected chi connectivity index (χ1v) is 7.38. The third-order valence-corrected chi connectivity index (χ3v) is 3.66. The van der Waals surface area contributed by atoms with Gasteiger partial charge in [-0.1, -0.05) is 23.2 Å². The molecule has 0 saturated heterocycles. The zero-order valence-corrected chi connectivity index (χ0v) is 14.1. The molecular weight excluding hydrogens is 420 g/mol. The topological polar surface area (TPSA) is 113 Å². The van der Waals surface area contributed by atoms with E-state index in [1.165, 1.54) is 6.07 Å². The van der Waals surface area contributed by atoms with Crippen LogP contribution in [-0.4, -0.2) is 15.8 Å². The molecule has 0 N–H and O–H groups in total. The smallest absolute Gasteiger partial charge is 0.408 e. The zero-order chi connectivity index (χ0) is 20.5. The van der Waals surface area contributed by atoms with Crippen LogP contribution in [0, 0.1) is 20.2 Å². The van der Waals surface area contributed by atoms with Crippen molar-refractivity contribution < 1.29 is 32.5 Å². The summed E-state index contributed by atoms with van der Waals surface area (Å²) in [4.78, 5) is 31.7. The molecule has 0 fully saturated rings. The van der Waals surface area contributed by atoms with Crippen molar-refractivity contribution in [2.75, 3.05) is 0 Å². The first-order valence-electron chi connectivity index (χ1n) is 6.63. The number of hydrogen-bond donors (Lipinski definition) is 0. The van der Waals surface area contributed by atoms with Crippen LogP contribution in [-0.2, 0) is 6.18 Å². The highest BCUT2D eigenvalue weighted by atomic mass is 35.5. The number of nitrogens with zero attached hydrogens (tertiary/aromatic N) is 2. The van der Waals surface area contributed by atoms with E-state index in [9.17, 15) is 38.2 Å². The van der Waals surface area contributed by atoms with Crippen molar-refractivity contribution in [1.82, 2.24) is 0 Å². The van der Waals surface area contributed by atoms with Gasteiger partial charge in [0.2, 0.25) is 0 Å². The number of nitro groups is 2. The molecule has 142 valence electrons. The highest BCUT2D eigenvalue weighted by molar-refractivity contribution is 6.36. The fourth-order valence-electron chi connectivity index (χ4n) is 1.94. The molecule has 2 rings (SSSR count). The van der Waals surface area contributed by atoms with Crippen LogP contribution >= 0.6 is 23.2 Å². The van der Waals surface area contributed by atoms with Gasteiger partial charge in [0, 0.05) is 17.2 Å². The predicted molar refractivity (Wildman–Crippen MR) is 86.2 cm³/mol. The molecule has 0 aliphatic rings. The minimum Gasteiger partial charge on any atom is -0.408 e. The molecule has 0 radical (unpaired) electrons. The number of hydrogen-bond acceptors (Lipinski definition) is 6. The highest BCUT2D eigenvalue weighted by Gasteiger charge is 2.39. The summed E-state index contributed by atoms with van der Waals surface area (Å²) in [6.45, 7) is 0. The number of alkyl halides is 3. The summed E-state index contributed by atoms with van der Waals surface area (Å²) in [5.41, 5.74) is -4.82. The number of carbonyl (C=O) groups excluding carboxylic acids is 1. The summed E-state index contributed by atoms with van der Waals surface area (Å²) in [5, 5.41) is 22.1. The van der Waals surface area contributed by atoms with E-state index in [0.717, 1.165) is 12.1 Å². The number of carbonyl (C=O) groups is 1. The SMILES string of the molecule is O=C(Oc1c([N+](=O)[O-])cc(C(F)(F)F)cc1[N+](=O)[O-])c1ccc(Cl)cc1Cl. The second kappa shape index (κ2) is 7.37. The quantitative estimate of drug-likeness (QED) is 0.293. The van der Waals surface area contributed by atoms with Crippen LogP contribution in [0.15, 0.2) is 30.3 Å². The summed E-state index contributed by atoms with van der Waals surface area (Å²) < 4.78 is 43.2. The molecule has 0 bridgehead atoms. The van der Waals surface area contributed by atoms with E-state index in [4.69, 9.17) is 23.2 Å². The van der Waals surface area contributed by atoms with Gasteiger partial charge in [0.15, 0.2) is 0 Å². The molecule has 0 aliphatic heterocycles.